The van der Waals surface area contributed by atoms with Crippen molar-refractivity contribution in [3.63, 3.8) is 0 Å². The standard InChI is InChI=1S/C28H34O2/c1-6-22(4)23-17-19-26(20-18-23)30-27(29-21(2)3)28(5,24-13-9-7-10-14-24)25-15-11-8-12-16-25/h7-22,27H,6H2,1-5H3. The maximum absolute atomic E-state index is 6.55. The maximum Gasteiger partial charge on any atom is 0.213 e. The van der Waals surface area contributed by atoms with Gasteiger partial charge >= 0.3 is 0 Å². The van der Waals surface area contributed by atoms with E-state index < -0.39 is 11.7 Å². The highest BCUT2D eigenvalue weighted by Crippen LogP contribution is 2.38. The summed E-state index contributed by atoms with van der Waals surface area (Å²) in [5.74, 6) is 1.37. The molecule has 158 valence electrons. The second kappa shape index (κ2) is 9.95. The molecule has 0 saturated heterocycles. The lowest BCUT2D eigenvalue weighted by atomic mass is 9.75. The monoisotopic (exact) mass is 402 g/mol. The summed E-state index contributed by atoms with van der Waals surface area (Å²) < 4.78 is 13.0. The summed E-state index contributed by atoms with van der Waals surface area (Å²) >= 11 is 0. The first-order valence-corrected chi connectivity index (χ1v) is 11.0. The molecule has 3 aromatic carbocycles. The quantitative estimate of drug-likeness (QED) is 0.349. The number of rotatable bonds is 9. The minimum Gasteiger partial charge on any atom is -0.464 e. The Labute approximate surface area is 181 Å². The first-order valence-electron chi connectivity index (χ1n) is 11.0. The van der Waals surface area contributed by atoms with Crippen molar-refractivity contribution in [3.8, 4) is 5.75 Å². The average Bonchev–Trinajstić information content (AvgIpc) is 2.79. The van der Waals surface area contributed by atoms with Gasteiger partial charge in [0.15, 0.2) is 0 Å². The SMILES string of the molecule is CCC(C)c1ccc(OC(OC(C)C)C(C)(c2ccccc2)c2ccccc2)cc1. The first kappa shape index (κ1) is 22.1. The third-order valence-corrected chi connectivity index (χ3v) is 5.92. The van der Waals surface area contributed by atoms with Crippen LogP contribution in [-0.2, 0) is 10.2 Å². The molecule has 0 aromatic heterocycles. The van der Waals surface area contributed by atoms with E-state index in [0.717, 1.165) is 23.3 Å². The zero-order chi connectivity index (χ0) is 21.6. The summed E-state index contributed by atoms with van der Waals surface area (Å²) in [6.45, 7) is 10.8. The van der Waals surface area contributed by atoms with Crippen LogP contribution in [0.4, 0.5) is 0 Å². The van der Waals surface area contributed by atoms with Gasteiger partial charge in [0.1, 0.15) is 5.75 Å². The molecular weight excluding hydrogens is 368 g/mol. The molecule has 0 aliphatic heterocycles. The third-order valence-electron chi connectivity index (χ3n) is 5.92. The summed E-state index contributed by atoms with van der Waals surface area (Å²) in [5, 5.41) is 0. The van der Waals surface area contributed by atoms with Crippen molar-refractivity contribution in [1.82, 2.24) is 0 Å². The molecule has 3 rings (SSSR count). The van der Waals surface area contributed by atoms with Gasteiger partial charge in [0.25, 0.3) is 0 Å². The molecule has 2 atom stereocenters. The van der Waals surface area contributed by atoms with Gasteiger partial charge in [-0.05, 0) is 61.9 Å². The fraction of sp³-hybridized carbons (Fsp3) is 0.357. The summed E-state index contributed by atoms with van der Waals surface area (Å²) in [4.78, 5) is 0. The van der Waals surface area contributed by atoms with E-state index >= 15 is 0 Å². The maximum atomic E-state index is 6.55. The predicted octanol–water partition coefficient (Wildman–Crippen LogP) is 7.34. The number of hydrogen-bond acceptors (Lipinski definition) is 2. The molecule has 2 nitrogen and oxygen atoms in total. The van der Waals surface area contributed by atoms with Crippen LogP contribution in [0.1, 0.15) is 63.6 Å². The minimum atomic E-state index is -0.475. The zero-order valence-electron chi connectivity index (χ0n) is 18.8. The Balaban J connectivity index is 2.02. The van der Waals surface area contributed by atoms with E-state index in [1.807, 2.05) is 12.1 Å². The third kappa shape index (κ3) is 4.94. The lowest BCUT2D eigenvalue weighted by Crippen LogP contribution is -2.45. The predicted molar refractivity (Wildman–Crippen MR) is 125 cm³/mol. The van der Waals surface area contributed by atoms with Gasteiger partial charge in [0.05, 0.1) is 11.5 Å². The largest absolute Gasteiger partial charge is 0.464 e. The van der Waals surface area contributed by atoms with Crippen LogP contribution in [0, 0.1) is 0 Å². The Kier molecular flexibility index (Phi) is 7.33. The fourth-order valence-corrected chi connectivity index (χ4v) is 3.77. The molecule has 0 heterocycles. The zero-order valence-corrected chi connectivity index (χ0v) is 18.8. The lowest BCUT2D eigenvalue weighted by molar-refractivity contribution is -0.138. The Bertz CT molecular complexity index is 845. The van der Waals surface area contributed by atoms with Crippen LogP contribution in [0.2, 0.25) is 0 Å². The Morgan fingerprint density at radius 1 is 0.733 bits per heavy atom. The topological polar surface area (TPSA) is 18.5 Å². The van der Waals surface area contributed by atoms with Gasteiger partial charge in [-0.3, -0.25) is 0 Å². The Hall–Kier alpha value is -2.58. The van der Waals surface area contributed by atoms with Crippen molar-refractivity contribution in [2.45, 2.75) is 64.8 Å². The van der Waals surface area contributed by atoms with Crippen LogP contribution in [0.25, 0.3) is 0 Å². The molecule has 0 amide bonds. The molecule has 0 bridgehead atoms. The van der Waals surface area contributed by atoms with E-state index in [0.29, 0.717) is 5.92 Å². The van der Waals surface area contributed by atoms with E-state index in [1.165, 1.54) is 5.56 Å². The number of hydrogen-bond donors (Lipinski definition) is 0. The van der Waals surface area contributed by atoms with E-state index in [9.17, 15) is 0 Å². The van der Waals surface area contributed by atoms with Crippen molar-refractivity contribution in [3.05, 3.63) is 102 Å². The molecular formula is C28H34O2. The summed E-state index contributed by atoms with van der Waals surface area (Å²) in [6, 6.07) is 29.4. The van der Waals surface area contributed by atoms with Crippen LogP contribution < -0.4 is 4.74 Å². The normalized spacial score (nSPS) is 13.8. The van der Waals surface area contributed by atoms with Crippen LogP contribution in [-0.4, -0.2) is 12.4 Å². The Morgan fingerprint density at radius 3 is 1.67 bits per heavy atom. The van der Waals surface area contributed by atoms with Crippen molar-refractivity contribution < 1.29 is 9.47 Å². The van der Waals surface area contributed by atoms with Gasteiger partial charge in [-0.2, -0.15) is 0 Å². The highest BCUT2D eigenvalue weighted by atomic mass is 16.7. The van der Waals surface area contributed by atoms with Gasteiger partial charge in [-0.15, -0.1) is 0 Å². The molecule has 0 aliphatic carbocycles. The molecule has 0 radical (unpaired) electrons. The fourth-order valence-electron chi connectivity index (χ4n) is 3.77. The van der Waals surface area contributed by atoms with Crippen LogP contribution in [0.3, 0.4) is 0 Å². The van der Waals surface area contributed by atoms with E-state index in [2.05, 4.69) is 107 Å². The van der Waals surface area contributed by atoms with Crippen LogP contribution >= 0.6 is 0 Å². The van der Waals surface area contributed by atoms with Crippen molar-refractivity contribution in [2.75, 3.05) is 0 Å². The smallest absolute Gasteiger partial charge is 0.213 e. The molecule has 3 aromatic rings. The van der Waals surface area contributed by atoms with Crippen LogP contribution in [0.15, 0.2) is 84.9 Å². The average molecular weight is 403 g/mol. The lowest BCUT2D eigenvalue weighted by Gasteiger charge is -2.39. The van der Waals surface area contributed by atoms with Crippen molar-refractivity contribution in [1.29, 1.82) is 0 Å². The van der Waals surface area contributed by atoms with Gasteiger partial charge in [-0.25, -0.2) is 0 Å². The highest BCUT2D eigenvalue weighted by Gasteiger charge is 2.41. The molecule has 0 saturated carbocycles. The van der Waals surface area contributed by atoms with E-state index in [1.54, 1.807) is 0 Å². The molecule has 2 unspecified atom stereocenters. The molecule has 30 heavy (non-hydrogen) atoms. The number of benzene rings is 3. The summed E-state index contributed by atoms with van der Waals surface area (Å²) in [7, 11) is 0. The first-order chi connectivity index (χ1) is 14.4. The Morgan fingerprint density at radius 2 is 1.23 bits per heavy atom. The second-order valence-corrected chi connectivity index (χ2v) is 8.45. The van der Waals surface area contributed by atoms with Crippen molar-refractivity contribution in [2.24, 2.45) is 0 Å². The van der Waals surface area contributed by atoms with Gasteiger partial charge < -0.3 is 9.47 Å². The van der Waals surface area contributed by atoms with Gasteiger partial charge in [0.2, 0.25) is 6.29 Å². The highest BCUT2D eigenvalue weighted by molar-refractivity contribution is 5.40. The summed E-state index contributed by atoms with van der Waals surface area (Å²) in [5.41, 5.74) is 3.19. The second-order valence-electron chi connectivity index (χ2n) is 8.45. The summed E-state index contributed by atoms with van der Waals surface area (Å²) in [6.07, 6.45) is 0.678. The molecule has 2 heteroatoms. The van der Waals surface area contributed by atoms with Gasteiger partial charge in [0, 0.05) is 0 Å². The van der Waals surface area contributed by atoms with E-state index in [-0.39, 0.29) is 6.10 Å². The molecule has 0 N–H and O–H groups in total. The van der Waals surface area contributed by atoms with Crippen molar-refractivity contribution >= 4 is 0 Å². The van der Waals surface area contributed by atoms with E-state index in [4.69, 9.17) is 9.47 Å². The molecule has 0 spiro atoms. The molecule has 0 aliphatic rings. The minimum absolute atomic E-state index is 0.0288. The molecule has 0 fully saturated rings. The number of ether oxygens (including phenoxy) is 2. The van der Waals surface area contributed by atoms with Gasteiger partial charge in [-0.1, -0.05) is 86.6 Å². The van der Waals surface area contributed by atoms with Crippen LogP contribution in [0.5, 0.6) is 5.75 Å².